The SMILES string of the molecule is CCC(CN1CCC(OC)C1)NC. The molecule has 1 fully saturated rings. The minimum atomic E-state index is 0.467. The molecule has 1 N–H and O–H groups in total. The molecule has 0 saturated carbocycles. The molecule has 0 aliphatic carbocycles. The molecule has 0 aromatic carbocycles. The van der Waals surface area contributed by atoms with Gasteiger partial charge in [-0.3, -0.25) is 4.90 Å². The first-order chi connectivity index (χ1) is 6.30. The lowest BCUT2D eigenvalue weighted by Crippen LogP contribution is -2.38. The minimum absolute atomic E-state index is 0.467. The topological polar surface area (TPSA) is 24.5 Å². The maximum Gasteiger partial charge on any atom is 0.0710 e. The summed E-state index contributed by atoms with van der Waals surface area (Å²) in [5, 5.41) is 3.33. The summed E-state index contributed by atoms with van der Waals surface area (Å²) in [6, 6.07) is 0.635. The monoisotopic (exact) mass is 186 g/mol. The van der Waals surface area contributed by atoms with Gasteiger partial charge in [0.2, 0.25) is 0 Å². The van der Waals surface area contributed by atoms with Crippen LogP contribution >= 0.6 is 0 Å². The van der Waals surface area contributed by atoms with E-state index in [9.17, 15) is 0 Å². The molecule has 0 bridgehead atoms. The van der Waals surface area contributed by atoms with Gasteiger partial charge in [-0.15, -0.1) is 0 Å². The Morgan fingerprint density at radius 3 is 2.85 bits per heavy atom. The maximum absolute atomic E-state index is 5.33. The second-order valence-corrected chi connectivity index (χ2v) is 3.80. The second kappa shape index (κ2) is 5.58. The molecule has 1 rings (SSSR count). The highest BCUT2D eigenvalue weighted by molar-refractivity contribution is 4.79. The number of rotatable bonds is 5. The second-order valence-electron chi connectivity index (χ2n) is 3.80. The van der Waals surface area contributed by atoms with Crippen molar-refractivity contribution in [3.8, 4) is 0 Å². The zero-order valence-electron chi connectivity index (χ0n) is 9.05. The third-order valence-electron chi connectivity index (χ3n) is 2.94. The fourth-order valence-electron chi connectivity index (χ4n) is 1.89. The summed E-state index contributed by atoms with van der Waals surface area (Å²) < 4.78 is 5.33. The minimum Gasteiger partial charge on any atom is -0.380 e. The van der Waals surface area contributed by atoms with Crippen LogP contribution < -0.4 is 5.32 Å². The zero-order valence-corrected chi connectivity index (χ0v) is 9.05. The summed E-state index contributed by atoms with van der Waals surface area (Å²) in [6.07, 6.45) is 2.86. The van der Waals surface area contributed by atoms with E-state index in [0.29, 0.717) is 12.1 Å². The van der Waals surface area contributed by atoms with Crippen molar-refractivity contribution < 1.29 is 4.74 Å². The van der Waals surface area contributed by atoms with Crippen LogP contribution in [0.3, 0.4) is 0 Å². The average molecular weight is 186 g/mol. The van der Waals surface area contributed by atoms with E-state index in [-0.39, 0.29) is 0 Å². The molecule has 0 aromatic rings. The highest BCUT2D eigenvalue weighted by atomic mass is 16.5. The lowest BCUT2D eigenvalue weighted by molar-refractivity contribution is 0.107. The fraction of sp³-hybridized carbons (Fsp3) is 1.00. The van der Waals surface area contributed by atoms with Gasteiger partial charge in [0.1, 0.15) is 0 Å². The van der Waals surface area contributed by atoms with Gasteiger partial charge in [-0.05, 0) is 19.9 Å². The van der Waals surface area contributed by atoms with Gasteiger partial charge in [-0.1, -0.05) is 6.92 Å². The molecule has 3 heteroatoms. The van der Waals surface area contributed by atoms with Crippen molar-refractivity contribution >= 4 is 0 Å². The molecule has 0 aromatic heterocycles. The summed E-state index contributed by atoms with van der Waals surface area (Å²) in [5.41, 5.74) is 0. The maximum atomic E-state index is 5.33. The first-order valence-electron chi connectivity index (χ1n) is 5.22. The molecule has 2 unspecified atom stereocenters. The van der Waals surface area contributed by atoms with Crippen LogP contribution in [0.25, 0.3) is 0 Å². The van der Waals surface area contributed by atoms with Crippen molar-refractivity contribution in [3.05, 3.63) is 0 Å². The van der Waals surface area contributed by atoms with Crippen LogP contribution in [0.15, 0.2) is 0 Å². The Morgan fingerprint density at radius 1 is 1.62 bits per heavy atom. The molecule has 2 atom stereocenters. The van der Waals surface area contributed by atoms with Crippen molar-refractivity contribution in [3.63, 3.8) is 0 Å². The molecule has 78 valence electrons. The Morgan fingerprint density at radius 2 is 2.38 bits per heavy atom. The van der Waals surface area contributed by atoms with Gasteiger partial charge in [0.05, 0.1) is 6.10 Å². The van der Waals surface area contributed by atoms with Gasteiger partial charge >= 0.3 is 0 Å². The van der Waals surface area contributed by atoms with Crippen LogP contribution in [-0.2, 0) is 4.74 Å². The lowest BCUT2D eigenvalue weighted by Gasteiger charge is -2.22. The van der Waals surface area contributed by atoms with Crippen molar-refractivity contribution in [1.82, 2.24) is 10.2 Å². The quantitative estimate of drug-likeness (QED) is 0.684. The Balaban J connectivity index is 2.22. The number of ether oxygens (including phenoxy) is 1. The highest BCUT2D eigenvalue weighted by Gasteiger charge is 2.23. The van der Waals surface area contributed by atoms with E-state index in [0.717, 1.165) is 13.1 Å². The summed E-state index contributed by atoms with van der Waals surface area (Å²) in [7, 11) is 3.85. The summed E-state index contributed by atoms with van der Waals surface area (Å²) in [5.74, 6) is 0. The van der Waals surface area contributed by atoms with E-state index in [1.807, 2.05) is 14.2 Å². The first-order valence-corrected chi connectivity index (χ1v) is 5.22. The molecule has 13 heavy (non-hydrogen) atoms. The molecule has 0 spiro atoms. The van der Waals surface area contributed by atoms with Gasteiger partial charge in [-0.2, -0.15) is 0 Å². The number of hydrogen-bond acceptors (Lipinski definition) is 3. The van der Waals surface area contributed by atoms with Gasteiger partial charge in [0.25, 0.3) is 0 Å². The van der Waals surface area contributed by atoms with Gasteiger partial charge in [-0.25, -0.2) is 0 Å². The molecule has 1 aliphatic heterocycles. The highest BCUT2D eigenvalue weighted by Crippen LogP contribution is 2.12. The number of likely N-dealkylation sites (N-methyl/N-ethyl adjacent to an activating group) is 1. The lowest BCUT2D eigenvalue weighted by atomic mass is 10.2. The predicted octanol–water partition coefficient (Wildman–Crippen LogP) is 0.705. The normalized spacial score (nSPS) is 26.5. The van der Waals surface area contributed by atoms with Crippen molar-refractivity contribution in [2.75, 3.05) is 33.8 Å². The number of nitrogens with zero attached hydrogens (tertiary/aromatic N) is 1. The van der Waals surface area contributed by atoms with E-state index in [1.165, 1.54) is 19.4 Å². The summed E-state index contributed by atoms with van der Waals surface area (Å²) in [4.78, 5) is 2.48. The van der Waals surface area contributed by atoms with Crippen LogP contribution in [-0.4, -0.2) is 50.8 Å². The molecule has 0 radical (unpaired) electrons. The van der Waals surface area contributed by atoms with Crippen LogP contribution in [0.2, 0.25) is 0 Å². The standard InChI is InChI=1S/C10H22N2O/c1-4-9(11-2)7-12-6-5-10(8-12)13-3/h9-11H,4-8H2,1-3H3. The van der Waals surface area contributed by atoms with Crippen molar-refractivity contribution in [1.29, 1.82) is 0 Å². The van der Waals surface area contributed by atoms with Crippen LogP contribution in [0.5, 0.6) is 0 Å². The van der Waals surface area contributed by atoms with E-state index in [2.05, 4.69) is 17.1 Å². The van der Waals surface area contributed by atoms with Crippen LogP contribution in [0.1, 0.15) is 19.8 Å². The largest absolute Gasteiger partial charge is 0.380 e. The smallest absolute Gasteiger partial charge is 0.0710 e. The Labute approximate surface area is 81.4 Å². The molecule has 1 saturated heterocycles. The van der Waals surface area contributed by atoms with Crippen LogP contribution in [0, 0.1) is 0 Å². The molecule has 3 nitrogen and oxygen atoms in total. The molecular weight excluding hydrogens is 164 g/mol. The third-order valence-corrected chi connectivity index (χ3v) is 2.94. The van der Waals surface area contributed by atoms with Gasteiger partial charge in [0.15, 0.2) is 0 Å². The van der Waals surface area contributed by atoms with E-state index < -0.39 is 0 Å². The number of methoxy groups -OCH3 is 1. The molecule has 1 heterocycles. The number of hydrogen-bond donors (Lipinski definition) is 1. The Bertz CT molecular complexity index is 137. The van der Waals surface area contributed by atoms with Crippen molar-refractivity contribution in [2.24, 2.45) is 0 Å². The van der Waals surface area contributed by atoms with Gasteiger partial charge < -0.3 is 10.1 Å². The molecular formula is C10H22N2O. The Hall–Kier alpha value is -0.120. The number of likely N-dealkylation sites (tertiary alicyclic amines) is 1. The summed E-state index contributed by atoms with van der Waals surface area (Å²) in [6.45, 7) is 5.68. The van der Waals surface area contributed by atoms with E-state index in [1.54, 1.807) is 0 Å². The van der Waals surface area contributed by atoms with Gasteiger partial charge in [0, 0.05) is 32.8 Å². The van der Waals surface area contributed by atoms with E-state index >= 15 is 0 Å². The average Bonchev–Trinajstić information content (AvgIpc) is 2.61. The molecule has 1 aliphatic rings. The Kier molecular flexibility index (Phi) is 4.70. The zero-order chi connectivity index (χ0) is 9.68. The third kappa shape index (κ3) is 3.25. The predicted molar refractivity (Wildman–Crippen MR) is 55.0 cm³/mol. The van der Waals surface area contributed by atoms with Crippen molar-refractivity contribution in [2.45, 2.75) is 31.9 Å². The van der Waals surface area contributed by atoms with E-state index in [4.69, 9.17) is 4.74 Å². The molecule has 0 amide bonds. The first kappa shape index (κ1) is 11.0. The van der Waals surface area contributed by atoms with Crippen LogP contribution in [0.4, 0.5) is 0 Å². The number of nitrogens with one attached hydrogen (secondary N) is 1. The summed E-state index contributed by atoms with van der Waals surface area (Å²) >= 11 is 0. The fourth-order valence-corrected chi connectivity index (χ4v) is 1.89.